The van der Waals surface area contributed by atoms with Gasteiger partial charge in [-0.1, -0.05) is 0 Å². The monoisotopic (exact) mass is 251 g/mol. The zero-order valence-corrected chi connectivity index (χ0v) is 11.9. The fraction of sp³-hybridized carbons (Fsp3) is 1.00. The fourth-order valence-corrected chi connectivity index (χ4v) is 3.72. The standard InChI is InChI=1S/C15H29N3/c1-17-10-3-5-14(8-11-17)18(15-6-7-15)12-13-4-2-9-16-13/h13-16H,2-12H2,1H3. The van der Waals surface area contributed by atoms with Gasteiger partial charge in [-0.25, -0.2) is 0 Å². The fourth-order valence-electron chi connectivity index (χ4n) is 3.72. The maximum atomic E-state index is 3.68. The van der Waals surface area contributed by atoms with Gasteiger partial charge in [0.2, 0.25) is 0 Å². The molecule has 3 fully saturated rings. The zero-order chi connectivity index (χ0) is 12.4. The van der Waals surface area contributed by atoms with E-state index in [0.29, 0.717) is 0 Å². The van der Waals surface area contributed by atoms with Crippen LogP contribution in [0.15, 0.2) is 0 Å². The SMILES string of the molecule is CN1CCCC(N(CC2CCCN2)C2CC2)CC1. The van der Waals surface area contributed by atoms with Crippen LogP contribution in [0.1, 0.15) is 44.9 Å². The molecular weight excluding hydrogens is 222 g/mol. The summed E-state index contributed by atoms with van der Waals surface area (Å²) in [5, 5.41) is 3.68. The highest BCUT2D eigenvalue weighted by atomic mass is 15.2. The summed E-state index contributed by atoms with van der Waals surface area (Å²) < 4.78 is 0. The van der Waals surface area contributed by atoms with Gasteiger partial charge in [0.15, 0.2) is 0 Å². The maximum Gasteiger partial charge on any atom is 0.0195 e. The molecule has 0 amide bonds. The van der Waals surface area contributed by atoms with Crippen LogP contribution in [-0.2, 0) is 0 Å². The smallest absolute Gasteiger partial charge is 0.0195 e. The Bertz CT molecular complexity index is 258. The van der Waals surface area contributed by atoms with Crippen LogP contribution < -0.4 is 5.32 Å². The number of nitrogens with one attached hydrogen (secondary N) is 1. The Morgan fingerprint density at radius 1 is 1.00 bits per heavy atom. The van der Waals surface area contributed by atoms with Crippen molar-refractivity contribution in [3.05, 3.63) is 0 Å². The molecule has 3 aliphatic rings. The minimum absolute atomic E-state index is 0.784. The number of hydrogen-bond donors (Lipinski definition) is 1. The quantitative estimate of drug-likeness (QED) is 0.820. The molecule has 0 aromatic rings. The van der Waals surface area contributed by atoms with Gasteiger partial charge in [0, 0.05) is 24.7 Å². The molecule has 2 unspecified atom stereocenters. The molecule has 1 aliphatic carbocycles. The van der Waals surface area contributed by atoms with Crippen molar-refractivity contribution in [2.24, 2.45) is 0 Å². The molecular formula is C15H29N3. The summed E-state index contributed by atoms with van der Waals surface area (Å²) in [5.41, 5.74) is 0. The third-order valence-electron chi connectivity index (χ3n) is 5.00. The normalized spacial score (nSPS) is 35.0. The highest BCUT2D eigenvalue weighted by Gasteiger charge is 2.35. The van der Waals surface area contributed by atoms with Crippen molar-refractivity contribution in [1.82, 2.24) is 15.1 Å². The average molecular weight is 251 g/mol. The predicted octanol–water partition coefficient (Wildman–Crippen LogP) is 1.69. The van der Waals surface area contributed by atoms with Crippen molar-refractivity contribution >= 4 is 0 Å². The molecule has 0 spiro atoms. The Morgan fingerprint density at radius 3 is 2.56 bits per heavy atom. The van der Waals surface area contributed by atoms with Gasteiger partial charge in [0.1, 0.15) is 0 Å². The van der Waals surface area contributed by atoms with Crippen molar-refractivity contribution in [1.29, 1.82) is 0 Å². The van der Waals surface area contributed by atoms with Crippen LogP contribution in [-0.4, -0.2) is 61.2 Å². The molecule has 1 saturated carbocycles. The van der Waals surface area contributed by atoms with Gasteiger partial charge < -0.3 is 10.2 Å². The van der Waals surface area contributed by atoms with Gasteiger partial charge in [-0.3, -0.25) is 4.90 Å². The summed E-state index contributed by atoms with van der Waals surface area (Å²) in [4.78, 5) is 5.39. The number of hydrogen-bond acceptors (Lipinski definition) is 3. The van der Waals surface area contributed by atoms with E-state index in [1.54, 1.807) is 0 Å². The number of rotatable bonds is 4. The Kier molecular flexibility index (Phi) is 4.22. The summed E-state index contributed by atoms with van der Waals surface area (Å²) in [5.74, 6) is 0. The summed E-state index contributed by atoms with van der Waals surface area (Å²) in [6.45, 7) is 5.16. The molecule has 104 valence electrons. The summed E-state index contributed by atoms with van der Waals surface area (Å²) in [6.07, 6.45) is 9.90. The van der Waals surface area contributed by atoms with E-state index in [9.17, 15) is 0 Å². The van der Waals surface area contributed by atoms with E-state index in [0.717, 1.165) is 18.1 Å². The maximum absolute atomic E-state index is 3.68. The van der Waals surface area contributed by atoms with Crippen molar-refractivity contribution in [2.45, 2.75) is 63.1 Å². The lowest BCUT2D eigenvalue weighted by molar-refractivity contribution is 0.155. The van der Waals surface area contributed by atoms with E-state index >= 15 is 0 Å². The van der Waals surface area contributed by atoms with Crippen LogP contribution in [0, 0.1) is 0 Å². The molecule has 3 rings (SSSR count). The third-order valence-corrected chi connectivity index (χ3v) is 5.00. The second-order valence-corrected chi connectivity index (χ2v) is 6.61. The Balaban J connectivity index is 1.57. The minimum Gasteiger partial charge on any atom is -0.313 e. The first-order valence-electron chi connectivity index (χ1n) is 8.00. The molecule has 3 nitrogen and oxygen atoms in total. The first-order chi connectivity index (χ1) is 8.83. The van der Waals surface area contributed by atoms with E-state index < -0.39 is 0 Å². The van der Waals surface area contributed by atoms with Gasteiger partial charge in [-0.2, -0.15) is 0 Å². The van der Waals surface area contributed by atoms with E-state index in [-0.39, 0.29) is 0 Å². The first-order valence-corrected chi connectivity index (χ1v) is 8.00. The highest BCUT2D eigenvalue weighted by Crippen LogP contribution is 2.32. The number of likely N-dealkylation sites (tertiary alicyclic amines) is 1. The van der Waals surface area contributed by atoms with E-state index in [1.807, 2.05) is 0 Å². The molecule has 0 radical (unpaired) electrons. The first kappa shape index (κ1) is 12.9. The van der Waals surface area contributed by atoms with Gasteiger partial charge in [-0.05, 0) is 71.6 Å². The second kappa shape index (κ2) is 5.89. The molecule has 2 heterocycles. The van der Waals surface area contributed by atoms with Crippen molar-refractivity contribution in [3.63, 3.8) is 0 Å². The van der Waals surface area contributed by atoms with Crippen molar-refractivity contribution < 1.29 is 0 Å². The van der Waals surface area contributed by atoms with Crippen molar-refractivity contribution in [2.75, 3.05) is 33.2 Å². The molecule has 18 heavy (non-hydrogen) atoms. The predicted molar refractivity (Wildman–Crippen MR) is 75.9 cm³/mol. The minimum atomic E-state index is 0.784. The molecule has 0 aromatic heterocycles. The largest absolute Gasteiger partial charge is 0.313 e. The summed E-state index contributed by atoms with van der Waals surface area (Å²) in [6, 6.07) is 2.58. The summed E-state index contributed by atoms with van der Waals surface area (Å²) in [7, 11) is 2.28. The van der Waals surface area contributed by atoms with Crippen LogP contribution in [0.5, 0.6) is 0 Å². The van der Waals surface area contributed by atoms with Crippen LogP contribution in [0.25, 0.3) is 0 Å². The summed E-state index contributed by atoms with van der Waals surface area (Å²) >= 11 is 0. The lowest BCUT2D eigenvalue weighted by Crippen LogP contribution is -2.45. The van der Waals surface area contributed by atoms with Gasteiger partial charge in [0.05, 0.1) is 0 Å². The van der Waals surface area contributed by atoms with Gasteiger partial charge in [-0.15, -0.1) is 0 Å². The molecule has 2 atom stereocenters. The highest BCUT2D eigenvalue weighted by molar-refractivity contribution is 4.92. The van der Waals surface area contributed by atoms with Crippen LogP contribution in [0.2, 0.25) is 0 Å². The molecule has 0 aromatic carbocycles. The lowest BCUT2D eigenvalue weighted by Gasteiger charge is -2.33. The van der Waals surface area contributed by atoms with E-state index in [1.165, 1.54) is 71.1 Å². The van der Waals surface area contributed by atoms with E-state index in [4.69, 9.17) is 0 Å². The molecule has 1 N–H and O–H groups in total. The molecule has 0 bridgehead atoms. The molecule has 2 saturated heterocycles. The zero-order valence-electron chi connectivity index (χ0n) is 11.9. The topological polar surface area (TPSA) is 18.5 Å². The Labute approximate surface area is 112 Å². The molecule has 3 heteroatoms. The van der Waals surface area contributed by atoms with Crippen LogP contribution >= 0.6 is 0 Å². The molecule has 2 aliphatic heterocycles. The van der Waals surface area contributed by atoms with E-state index in [2.05, 4.69) is 22.2 Å². The number of nitrogens with zero attached hydrogens (tertiary/aromatic N) is 2. The van der Waals surface area contributed by atoms with Crippen LogP contribution in [0.3, 0.4) is 0 Å². The second-order valence-electron chi connectivity index (χ2n) is 6.61. The lowest BCUT2D eigenvalue weighted by atomic mass is 10.1. The Hall–Kier alpha value is -0.120. The average Bonchev–Trinajstić information content (AvgIpc) is 3.12. The van der Waals surface area contributed by atoms with Gasteiger partial charge >= 0.3 is 0 Å². The van der Waals surface area contributed by atoms with Gasteiger partial charge in [0.25, 0.3) is 0 Å². The van der Waals surface area contributed by atoms with Crippen LogP contribution in [0.4, 0.5) is 0 Å². The Morgan fingerprint density at radius 2 is 1.83 bits per heavy atom. The third kappa shape index (κ3) is 3.25. The van der Waals surface area contributed by atoms with Crippen molar-refractivity contribution in [3.8, 4) is 0 Å².